The molecule has 0 amide bonds. The smallest absolute Gasteiger partial charge is 0.254 e. The molecule has 3 heteroatoms. The standard InChI is InChI=1S/C16H18N2O/c1-11-6-3-4-8-13(11)14-10-16(19)18-12(2)7-5-9-15(18)17-14/h3-4,6,8,10,12H,5,7,9H2,1-2H3/t12-/m1/s1. The number of hydrogen-bond acceptors (Lipinski definition) is 2. The molecule has 1 aliphatic rings. The third-order valence-corrected chi connectivity index (χ3v) is 3.91. The Hall–Kier alpha value is -1.90. The molecular weight excluding hydrogens is 236 g/mol. The Bertz CT molecular complexity index is 673. The molecule has 1 aromatic carbocycles. The quantitative estimate of drug-likeness (QED) is 0.783. The summed E-state index contributed by atoms with van der Waals surface area (Å²) in [4.78, 5) is 17.0. The summed E-state index contributed by atoms with van der Waals surface area (Å²) < 4.78 is 1.85. The first kappa shape index (κ1) is 12.2. The van der Waals surface area contributed by atoms with Gasteiger partial charge in [-0.3, -0.25) is 9.36 Å². The van der Waals surface area contributed by atoms with E-state index in [1.54, 1.807) is 6.07 Å². The highest BCUT2D eigenvalue weighted by atomic mass is 16.1. The van der Waals surface area contributed by atoms with Gasteiger partial charge < -0.3 is 0 Å². The predicted octanol–water partition coefficient (Wildman–Crippen LogP) is 3.12. The maximum absolute atomic E-state index is 12.3. The second kappa shape index (κ2) is 4.65. The summed E-state index contributed by atoms with van der Waals surface area (Å²) in [7, 11) is 0. The fourth-order valence-corrected chi connectivity index (χ4v) is 2.87. The Labute approximate surface area is 112 Å². The third-order valence-electron chi connectivity index (χ3n) is 3.91. The molecule has 0 spiro atoms. The Morgan fingerprint density at radius 1 is 1.32 bits per heavy atom. The van der Waals surface area contributed by atoms with E-state index in [0.29, 0.717) is 0 Å². The molecule has 1 atom stereocenters. The van der Waals surface area contributed by atoms with Crippen molar-refractivity contribution in [3.05, 3.63) is 52.1 Å². The molecule has 0 unspecified atom stereocenters. The van der Waals surface area contributed by atoms with Gasteiger partial charge in [-0.05, 0) is 32.3 Å². The largest absolute Gasteiger partial charge is 0.294 e. The zero-order valence-corrected chi connectivity index (χ0v) is 11.4. The first-order valence-corrected chi connectivity index (χ1v) is 6.85. The van der Waals surface area contributed by atoms with Gasteiger partial charge in [-0.15, -0.1) is 0 Å². The summed E-state index contributed by atoms with van der Waals surface area (Å²) in [5, 5.41) is 0. The summed E-state index contributed by atoms with van der Waals surface area (Å²) in [5.41, 5.74) is 3.10. The Kier molecular flexibility index (Phi) is 2.97. The summed E-state index contributed by atoms with van der Waals surface area (Å²) in [6, 6.07) is 10.0. The summed E-state index contributed by atoms with van der Waals surface area (Å²) in [6.45, 7) is 4.15. The first-order chi connectivity index (χ1) is 9.16. The van der Waals surface area contributed by atoms with Crippen LogP contribution in [0.3, 0.4) is 0 Å². The van der Waals surface area contributed by atoms with Gasteiger partial charge >= 0.3 is 0 Å². The second-order valence-corrected chi connectivity index (χ2v) is 5.32. The van der Waals surface area contributed by atoms with Crippen molar-refractivity contribution in [1.29, 1.82) is 0 Å². The van der Waals surface area contributed by atoms with Crippen molar-refractivity contribution in [3.8, 4) is 11.3 Å². The summed E-state index contributed by atoms with van der Waals surface area (Å²) in [5.74, 6) is 0.935. The van der Waals surface area contributed by atoms with Crippen LogP contribution in [0.4, 0.5) is 0 Å². The fraction of sp³-hybridized carbons (Fsp3) is 0.375. The number of fused-ring (bicyclic) bond motifs is 1. The molecule has 19 heavy (non-hydrogen) atoms. The van der Waals surface area contributed by atoms with E-state index >= 15 is 0 Å². The van der Waals surface area contributed by atoms with Gasteiger partial charge in [0.2, 0.25) is 0 Å². The Morgan fingerprint density at radius 2 is 2.11 bits per heavy atom. The van der Waals surface area contributed by atoms with E-state index in [1.165, 1.54) is 0 Å². The maximum Gasteiger partial charge on any atom is 0.254 e. The minimum atomic E-state index is 0.0791. The van der Waals surface area contributed by atoms with Crippen molar-refractivity contribution >= 4 is 0 Å². The van der Waals surface area contributed by atoms with Crippen molar-refractivity contribution in [2.45, 2.75) is 39.2 Å². The number of rotatable bonds is 1. The monoisotopic (exact) mass is 254 g/mol. The molecule has 0 bridgehead atoms. The second-order valence-electron chi connectivity index (χ2n) is 5.32. The van der Waals surface area contributed by atoms with E-state index in [1.807, 2.05) is 22.8 Å². The third kappa shape index (κ3) is 2.09. The van der Waals surface area contributed by atoms with E-state index in [2.05, 4.69) is 19.9 Å². The van der Waals surface area contributed by atoms with Crippen molar-refractivity contribution in [1.82, 2.24) is 9.55 Å². The topological polar surface area (TPSA) is 34.9 Å². The highest BCUT2D eigenvalue weighted by molar-refractivity contribution is 5.62. The highest BCUT2D eigenvalue weighted by Crippen LogP contribution is 2.25. The van der Waals surface area contributed by atoms with E-state index in [9.17, 15) is 4.79 Å². The van der Waals surface area contributed by atoms with Crippen LogP contribution < -0.4 is 5.56 Å². The first-order valence-electron chi connectivity index (χ1n) is 6.85. The lowest BCUT2D eigenvalue weighted by Crippen LogP contribution is -2.30. The van der Waals surface area contributed by atoms with Crippen LogP contribution in [-0.2, 0) is 6.42 Å². The predicted molar refractivity (Wildman–Crippen MR) is 76.3 cm³/mol. The molecule has 0 fully saturated rings. The van der Waals surface area contributed by atoms with Gasteiger partial charge in [-0.25, -0.2) is 4.98 Å². The van der Waals surface area contributed by atoms with Gasteiger partial charge in [0.15, 0.2) is 0 Å². The van der Waals surface area contributed by atoms with Crippen LogP contribution in [-0.4, -0.2) is 9.55 Å². The van der Waals surface area contributed by atoms with Crippen molar-refractivity contribution in [3.63, 3.8) is 0 Å². The SMILES string of the molecule is Cc1ccccc1-c1cc(=O)n2c(n1)CCC[C@H]2C. The van der Waals surface area contributed by atoms with Gasteiger partial charge in [-0.1, -0.05) is 24.3 Å². The van der Waals surface area contributed by atoms with Crippen molar-refractivity contribution in [2.24, 2.45) is 0 Å². The van der Waals surface area contributed by atoms with Gasteiger partial charge in [0, 0.05) is 24.1 Å². The number of nitrogens with zero attached hydrogens (tertiary/aromatic N) is 2. The average Bonchev–Trinajstić information content (AvgIpc) is 2.39. The van der Waals surface area contributed by atoms with Crippen LogP contribution >= 0.6 is 0 Å². The fourth-order valence-electron chi connectivity index (χ4n) is 2.87. The molecule has 2 aromatic rings. The van der Waals surface area contributed by atoms with Gasteiger partial charge in [0.25, 0.3) is 5.56 Å². The molecule has 0 N–H and O–H groups in total. The number of hydrogen-bond donors (Lipinski definition) is 0. The van der Waals surface area contributed by atoms with Crippen molar-refractivity contribution in [2.75, 3.05) is 0 Å². The average molecular weight is 254 g/mol. The number of benzene rings is 1. The molecule has 98 valence electrons. The molecule has 3 nitrogen and oxygen atoms in total. The molecule has 3 rings (SSSR count). The summed E-state index contributed by atoms with van der Waals surface area (Å²) >= 11 is 0. The van der Waals surface area contributed by atoms with E-state index < -0.39 is 0 Å². The van der Waals surface area contributed by atoms with E-state index in [-0.39, 0.29) is 11.6 Å². The minimum absolute atomic E-state index is 0.0791. The zero-order valence-electron chi connectivity index (χ0n) is 11.4. The van der Waals surface area contributed by atoms with Crippen LogP contribution in [0.1, 0.15) is 37.2 Å². The lowest BCUT2D eigenvalue weighted by Gasteiger charge is -2.24. The van der Waals surface area contributed by atoms with Gasteiger partial charge in [-0.2, -0.15) is 0 Å². The molecule has 0 saturated carbocycles. The molecule has 0 aliphatic carbocycles. The Balaban J connectivity index is 2.18. The normalized spacial score (nSPS) is 18.1. The molecule has 1 aromatic heterocycles. The molecule has 2 heterocycles. The zero-order chi connectivity index (χ0) is 13.4. The van der Waals surface area contributed by atoms with Crippen LogP contribution in [0.15, 0.2) is 35.1 Å². The van der Waals surface area contributed by atoms with E-state index in [4.69, 9.17) is 4.98 Å². The Morgan fingerprint density at radius 3 is 2.89 bits per heavy atom. The van der Waals surface area contributed by atoms with Crippen LogP contribution in [0.2, 0.25) is 0 Å². The van der Waals surface area contributed by atoms with E-state index in [0.717, 1.165) is 41.9 Å². The maximum atomic E-state index is 12.3. The van der Waals surface area contributed by atoms with Gasteiger partial charge in [0.1, 0.15) is 5.82 Å². The minimum Gasteiger partial charge on any atom is -0.294 e. The van der Waals surface area contributed by atoms with Crippen LogP contribution in [0, 0.1) is 6.92 Å². The molecular formula is C16H18N2O. The lowest BCUT2D eigenvalue weighted by atomic mass is 10.0. The lowest BCUT2D eigenvalue weighted by molar-refractivity contribution is 0.405. The summed E-state index contributed by atoms with van der Waals surface area (Å²) in [6.07, 6.45) is 3.09. The molecule has 0 radical (unpaired) electrons. The van der Waals surface area contributed by atoms with Gasteiger partial charge in [0.05, 0.1) is 5.69 Å². The molecule has 0 saturated heterocycles. The van der Waals surface area contributed by atoms with Crippen LogP contribution in [0.5, 0.6) is 0 Å². The number of aryl methyl sites for hydroxylation is 2. The van der Waals surface area contributed by atoms with Crippen LogP contribution in [0.25, 0.3) is 11.3 Å². The highest BCUT2D eigenvalue weighted by Gasteiger charge is 2.19. The number of aromatic nitrogens is 2. The van der Waals surface area contributed by atoms with Crippen molar-refractivity contribution < 1.29 is 0 Å². The molecule has 1 aliphatic heterocycles.